The Balaban J connectivity index is 1.87. The largest absolute Gasteiger partial charge is 0.330 e. The second-order valence-electron chi connectivity index (χ2n) is 4.78. The van der Waals surface area contributed by atoms with Gasteiger partial charge in [0.05, 0.1) is 17.8 Å². The minimum atomic E-state index is 0.0484. The summed E-state index contributed by atoms with van der Waals surface area (Å²) in [6, 6.07) is 3.71. The van der Waals surface area contributed by atoms with Crippen molar-refractivity contribution < 1.29 is 4.79 Å². The molecule has 20 heavy (non-hydrogen) atoms. The summed E-state index contributed by atoms with van der Waals surface area (Å²) in [5.74, 6) is 1.94. The van der Waals surface area contributed by atoms with Crippen LogP contribution in [0.2, 0.25) is 0 Å². The van der Waals surface area contributed by atoms with Crippen LogP contribution in [0.5, 0.6) is 0 Å². The molecule has 0 spiro atoms. The molecule has 1 aliphatic heterocycles. The van der Waals surface area contributed by atoms with Crippen molar-refractivity contribution in [1.29, 1.82) is 0 Å². The van der Waals surface area contributed by atoms with E-state index in [0.717, 1.165) is 23.6 Å². The SMILES string of the molecule is Cn1cc([C@@H]2CSCCN2C(=O)c2cccnc2)cn1. The summed E-state index contributed by atoms with van der Waals surface area (Å²) in [5, 5.41) is 4.22. The van der Waals surface area contributed by atoms with E-state index in [1.807, 2.05) is 42.2 Å². The van der Waals surface area contributed by atoms with Gasteiger partial charge >= 0.3 is 0 Å². The molecule has 5 nitrogen and oxygen atoms in total. The second kappa shape index (κ2) is 5.66. The summed E-state index contributed by atoms with van der Waals surface area (Å²) < 4.78 is 1.78. The van der Waals surface area contributed by atoms with Gasteiger partial charge in [-0.25, -0.2) is 0 Å². The van der Waals surface area contributed by atoms with Crippen molar-refractivity contribution in [3.8, 4) is 0 Å². The molecule has 0 aliphatic carbocycles. The van der Waals surface area contributed by atoms with Crippen molar-refractivity contribution in [3.05, 3.63) is 48.0 Å². The molecule has 1 amide bonds. The first-order chi connectivity index (χ1) is 9.75. The molecule has 0 unspecified atom stereocenters. The van der Waals surface area contributed by atoms with E-state index in [-0.39, 0.29) is 11.9 Å². The molecule has 0 saturated carbocycles. The van der Waals surface area contributed by atoms with Gasteiger partial charge in [-0.15, -0.1) is 0 Å². The number of hydrogen-bond acceptors (Lipinski definition) is 4. The fourth-order valence-electron chi connectivity index (χ4n) is 2.39. The number of hydrogen-bond donors (Lipinski definition) is 0. The number of thioether (sulfide) groups is 1. The first-order valence-corrected chi connectivity index (χ1v) is 7.68. The minimum Gasteiger partial charge on any atom is -0.330 e. The normalized spacial score (nSPS) is 19.1. The maximum Gasteiger partial charge on any atom is 0.255 e. The summed E-state index contributed by atoms with van der Waals surface area (Å²) in [5.41, 5.74) is 1.74. The number of rotatable bonds is 2. The fraction of sp³-hybridized carbons (Fsp3) is 0.357. The van der Waals surface area contributed by atoms with Crippen LogP contribution in [0.3, 0.4) is 0 Å². The predicted octanol–water partition coefficient (Wildman–Crippen LogP) is 1.75. The van der Waals surface area contributed by atoms with Gasteiger partial charge in [0, 0.05) is 49.3 Å². The van der Waals surface area contributed by atoms with Gasteiger partial charge in [-0.1, -0.05) is 0 Å². The van der Waals surface area contributed by atoms with Gasteiger partial charge in [-0.2, -0.15) is 16.9 Å². The molecule has 0 aromatic carbocycles. The number of aromatic nitrogens is 3. The molecule has 3 rings (SSSR count). The van der Waals surface area contributed by atoms with Crippen molar-refractivity contribution >= 4 is 17.7 Å². The number of carbonyl (C=O) groups is 1. The smallest absolute Gasteiger partial charge is 0.255 e. The summed E-state index contributed by atoms with van der Waals surface area (Å²) in [7, 11) is 1.90. The van der Waals surface area contributed by atoms with Crippen LogP contribution in [0, 0.1) is 0 Å². The molecule has 2 aromatic rings. The van der Waals surface area contributed by atoms with Crippen molar-refractivity contribution in [2.75, 3.05) is 18.1 Å². The maximum absolute atomic E-state index is 12.6. The van der Waals surface area contributed by atoms with Gasteiger partial charge in [0.1, 0.15) is 0 Å². The average molecular weight is 288 g/mol. The van der Waals surface area contributed by atoms with Crippen molar-refractivity contribution in [2.24, 2.45) is 7.05 Å². The molecule has 104 valence electrons. The second-order valence-corrected chi connectivity index (χ2v) is 5.93. The Kier molecular flexibility index (Phi) is 3.73. The Labute approximate surface area is 122 Å². The Bertz CT molecular complexity index is 598. The fourth-order valence-corrected chi connectivity index (χ4v) is 3.48. The van der Waals surface area contributed by atoms with Crippen LogP contribution in [0.1, 0.15) is 22.0 Å². The molecule has 0 bridgehead atoms. The summed E-state index contributed by atoms with van der Waals surface area (Å²) in [6.45, 7) is 0.762. The Morgan fingerprint density at radius 2 is 2.35 bits per heavy atom. The molecule has 1 fully saturated rings. The third kappa shape index (κ3) is 2.56. The zero-order valence-corrected chi connectivity index (χ0v) is 12.1. The highest BCUT2D eigenvalue weighted by molar-refractivity contribution is 7.99. The molecule has 1 aliphatic rings. The predicted molar refractivity (Wildman–Crippen MR) is 78.5 cm³/mol. The average Bonchev–Trinajstić information content (AvgIpc) is 2.94. The summed E-state index contributed by atoms with van der Waals surface area (Å²) >= 11 is 1.88. The lowest BCUT2D eigenvalue weighted by atomic mass is 10.1. The van der Waals surface area contributed by atoms with E-state index in [1.54, 1.807) is 23.1 Å². The third-order valence-electron chi connectivity index (χ3n) is 3.41. The topological polar surface area (TPSA) is 51.0 Å². The Hall–Kier alpha value is -1.82. The third-order valence-corrected chi connectivity index (χ3v) is 4.43. The number of aryl methyl sites for hydroxylation is 1. The zero-order chi connectivity index (χ0) is 13.9. The van der Waals surface area contributed by atoms with Gasteiger partial charge in [0.2, 0.25) is 0 Å². The van der Waals surface area contributed by atoms with Crippen molar-refractivity contribution in [1.82, 2.24) is 19.7 Å². The Morgan fingerprint density at radius 3 is 3.05 bits per heavy atom. The van der Waals surface area contributed by atoms with E-state index >= 15 is 0 Å². The van der Waals surface area contributed by atoms with E-state index in [0.29, 0.717) is 5.56 Å². The van der Waals surface area contributed by atoms with Gasteiger partial charge in [0.25, 0.3) is 5.91 Å². The number of pyridine rings is 1. The summed E-state index contributed by atoms with van der Waals surface area (Å²) in [6.07, 6.45) is 7.14. The van der Waals surface area contributed by atoms with Crippen molar-refractivity contribution in [3.63, 3.8) is 0 Å². The minimum absolute atomic E-state index is 0.0484. The van der Waals surface area contributed by atoms with Crippen LogP contribution in [-0.2, 0) is 7.05 Å². The van der Waals surface area contributed by atoms with Crippen LogP contribution >= 0.6 is 11.8 Å². The van der Waals surface area contributed by atoms with E-state index in [9.17, 15) is 4.79 Å². The lowest BCUT2D eigenvalue weighted by Gasteiger charge is -2.35. The first-order valence-electron chi connectivity index (χ1n) is 6.53. The lowest BCUT2D eigenvalue weighted by molar-refractivity contribution is 0.0701. The van der Waals surface area contributed by atoms with E-state index < -0.39 is 0 Å². The molecular weight excluding hydrogens is 272 g/mol. The zero-order valence-electron chi connectivity index (χ0n) is 11.3. The van der Waals surface area contributed by atoms with Crippen LogP contribution in [-0.4, -0.2) is 43.6 Å². The molecule has 0 N–H and O–H groups in total. The van der Waals surface area contributed by atoms with Crippen molar-refractivity contribution in [2.45, 2.75) is 6.04 Å². The Morgan fingerprint density at radius 1 is 1.45 bits per heavy atom. The van der Waals surface area contributed by atoms with Gasteiger partial charge < -0.3 is 4.90 Å². The van der Waals surface area contributed by atoms with E-state index in [2.05, 4.69) is 10.1 Å². The number of carbonyl (C=O) groups excluding carboxylic acids is 1. The van der Waals surface area contributed by atoms with Crippen LogP contribution in [0.4, 0.5) is 0 Å². The van der Waals surface area contributed by atoms with E-state index in [4.69, 9.17) is 0 Å². The monoisotopic (exact) mass is 288 g/mol. The molecule has 6 heteroatoms. The molecule has 1 atom stereocenters. The maximum atomic E-state index is 12.6. The molecule has 0 radical (unpaired) electrons. The molecule has 3 heterocycles. The summed E-state index contributed by atoms with van der Waals surface area (Å²) in [4.78, 5) is 18.6. The highest BCUT2D eigenvalue weighted by Gasteiger charge is 2.29. The number of nitrogens with zero attached hydrogens (tertiary/aromatic N) is 4. The van der Waals surface area contributed by atoms with Crippen LogP contribution in [0.25, 0.3) is 0 Å². The van der Waals surface area contributed by atoms with Crippen LogP contribution < -0.4 is 0 Å². The van der Waals surface area contributed by atoms with Gasteiger partial charge in [-0.3, -0.25) is 14.5 Å². The highest BCUT2D eigenvalue weighted by atomic mass is 32.2. The highest BCUT2D eigenvalue weighted by Crippen LogP contribution is 2.30. The molecule has 2 aromatic heterocycles. The lowest BCUT2D eigenvalue weighted by Crippen LogP contribution is -2.40. The first kappa shape index (κ1) is 13.2. The number of amides is 1. The van der Waals surface area contributed by atoms with E-state index in [1.165, 1.54) is 0 Å². The molecule has 1 saturated heterocycles. The standard InChI is InChI=1S/C14H16N4OS/c1-17-9-12(8-16-17)13-10-20-6-5-18(13)14(19)11-3-2-4-15-7-11/h2-4,7-9,13H,5-6,10H2,1H3/t13-/m0/s1. The van der Waals surface area contributed by atoms with Gasteiger partial charge in [-0.05, 0) is 12.1 Å². The van der Waals surface area contributed by atoms with Gasteiger partial charge in [0.15, 0.2) is 0 Å². The van der Waals surface area contributed by atoms with Crippen LogP contribution in [0.15, 0.2) is 36.9 Å². The molecular formula is C14H16N4OS. The quantitative estimate of drug-likeness (QED) is 0.845.